The molecule has 0 aliphatic carbocycles. The maximum Gasteiger partial charge on any atom is 0.132 e. The number of carbonyl (C=O) groups is 2. The lowest BCUT2D eigenvalue weighted by Crippen LogP contribution is -1.96. The maximum atomic E-state index is 11.0. The highest BCUT2D eigenvalue weighted by Crippen LogP contribution is 2.02. The van der Waals surface area contributed by atoms with Crippen LogP contribution in [0.3, 0.4) is 0 Å². The molecule has 2 nitrogen and oxygen atoms in total. The molecule has 0 unspecified atom stereocenters. The Hall–Kier alpha value is -0.660. The van der Waals surface area contributed by atoms with Crippen molar-refractivity contribution in [2.45, 2.75) is 85.5 Å². The SMILES string of the molecule is CCCCC(=O)CCCC.CCCCC(C)=O. The Morgan fingerprint density at radius 1 is 0.706 bits per heavy atom. The monoisotopic (exact) mass is 242 g/mol. The van der Waals surface area contributed by atoms with Crippen LogP contribution in [-0.4, -0.2) is 11.6 Å². The van der Waals surface area contributed by atoms with Crippen LogP contribution in [0, 0.1) is 0 Å². The van der Waals surface area contributed by atoms with Crippen molar-refractivity contribution in [3.05, 3.63) is 0 Å². The van der Waals surface area contributed by atoms with E-state index < -0.39 is 0 Å². The number of carbonyl (C=O) groups excluding carboxylic acids is 2. The van der Waals surface area contributed by atoms with E-state index >= 15 is 0 Å². The van der Waals surface area contributed by atoms with Gasteiger partial charge in [-0.05, 0) is 26.2 Å². The van der Waals surface area contributed by atoms with Gasteiger partial charge in [0.15, 0.2) is 0 Å². The molecule has 0 aromatic rings. The average molecular weight is 242 g/mol. The van der Waals surface area contributed by atoms with Crippen LogP contribution in [0.2, 0.25) is 0 Å². The molecule has 0 aliphatic heterocycles. The van der Waals surface area contributed by atoms with Gasteiger partial charge in [-0.3, -0.25) is 4.79 Å². The van der Waals surface area contributed by atoms with Gasteiger partial charge in [0.1, 0.15) is 11.6 Å². The van der Waals surface area contributed by atoms with E-state index in [-0.39, 0.29) is 0 Å². The lowest BCUT2D eigenvalue weighted by molar-refractivity contribution is -0.119. The van der Waals surface area contributed by atoms with Gasteiger partial charge in [-0.1, -0.05) is 40.0 Å². The topological polar surface area (TPSA) is 34.1 Å². The molecule has 0 amide bonds. The molecule has 0 aromatic carbocycles. The minimum Gasteiger partial charge on any atom is -0.300 e. The first kappa shape index (κ1) is 18.7. The Kier molecular flexibility index (Phi) is 16.9. The van der Waals surface area contributed by atoms with Gasteiger partial charge in [-0.2, -0.15) is 0 Å². The van der Waals surface area contributed by atoms with E-state index in [1.807, 2.05) is 0 Å². The van der Waals surface area contributed by atoms with Crippen molar-refractivity contribution in [2.24, 2.45) is 0 Å². The number of hydrogen-bond acceptors (Lipinski definition) is 2. The summed E-state index contributed by atoms with van der Waals surface area (Å²) in [7, 11) is 0. The van der Waals surface area contributed by atoms with Crippen LogP contribution < -0.4 is 0 Å². The molecule has 0 saturated carbocycles. The summed E-state index contributed by atoms with van der Waals surface area (Å²) in [5, 5.41) is 0. The second-order valence-electron chi connectivity index (χ2n) is 4.55. The second-order valence-corrected chi connectivity index (χ2v) is 4.55. The van der Waals surface area contributed by atoms with Crippen molar-refractivity contribution in [1.82, 2.24) is 0 Å². The van der Waals surface area contributed by atoms with Crippen molar-refractivity contribution in [3.8, 4) is 0 Å². The molecule has 0 aromatic heterocycles. The molecular formula is C15H30O2. The first-order valence-corrected chi connectivity index (χ1v) is 7.09. The summed E-state index contributed by atoms with van der Waals surface area (Å²) in [5.41, 5.74) is 0. The number of unbranched alkanes of at least 4 members (excludes halogenated alkanes) is 3. The van der Waals surface area contributed by atoms with Gasteiger partial charge in [0.25, 0.3) is 0 Å². The number of rotatable bonds is 9. The van der Waals surface area contributed by atoms with E-state index in [0.29, 0.717) is 11.6 Å². The summed E-state index contributed by atoms with van der Waals surface area (Å²) in [5.74, 6) is 0.755. The molecule has 0 aliphatic rings. The van der Waals surface area contributed by atoms with Crippen molar-refractivity contribution < 1.29 is 9.59 Å². The summed E-state index contributed by atoms with van der Waals surface area (Å²) in [6.07, 6.45) is 8.96. The van der Waals surface area contributed by atoms with E-state index in [4.69, 9.17) is 0 Å². The van der Waals surface area contributed by atoms with E-state index in [0.717, 1.165) is 57.8 Å². The minimum absolute atomic E-state index is 0.307. The smallest absolute Gasteiger partial charge is 0.132 e. The lowest BCUT2D eigenvalue weighted by Gasteiger charge is -1.96. The van der Waals surface area contributed by atoms with Crippen LogP contribution in [0.15, 0.2) is 0 Å². The maximum absolute atomic E-state index is 11.0. The zero-order valence-corrected chi connectivity index (χ0v) is 12.2. The molecule has 0 N–H and O–H groups in total. The predicted molar refractivity (Wildman–Crippen MR) is 74.3 cm³/mol. The van der Waals surface area contributed by atoms with E-state index in [2.05, 4.69) is 20.8 Å². The van der Waals surface area contributed by atoms with Gasteiger partial charge in [0.2, 0.25) is 0 Å². The highest BCUT2D eigenvalue weighted by atomic mass is 16.1. The highest BCUT2D eigenvalue weighted by molar-refractivity contribution is 5.78. The summed E-state index contributed by atoms with van der Waals surface area (Å²) in [4.78, 5) is 21.2. The molecule has 0 bridgehead atoms. The molecule has 2 heteroatoms. The number of hydrogen-bond donors (Lipinski definition) is 0. The first-order valence-electron chi connectivity index (χ1n) is 7.09. The fourth-order valence-corrected chi connectivity index (χ4v) is 1.30. The van der Waals surface area contributed by atoms with E-state index in [9.17, 15) is 9.59 Å². The molecule has 0 rings (SSSR count). The Balaban J connectivity index is 0. The third-order valence-corrected chi connectivity index (χ3v) is 2.50. The average Bonchev–Trinajstić information content (AvgIpc) is 2.31. The third kappa shape index (κ3) is 21.2. The minimum atomic E-state index is 0.307. The van der Waals surface area contributed by atoms with Crippen molar-refractivity contribution in [3.63, 3.8) is 0 Å². The summed E-state index contributed by atoms with van der Waals surface area (Å²) in [6.45, 7) is 7.96. The van der Waals surface area contributed by atoms with Crippen LogP contribution >= 0.6 is 0 Å². The molecular weight excluding hydrogens is 212 g/mol. The van der Waals surface area contributed by atoms with Gasteiger partial charge in [0, 0.05) is 19.3 Å². The Morgan fingerprint density at radius 2 is 1.06 bits per heavy atom. The fourth-order valence-electron chi connectivity index (χ4n) is 1.30. The van der Waals surface area contributed by atoms with Crippen LogP contribution in [0.5, 0.6) is 0 Å². The zero-order valence-electron chi connectivity index (χ0n) is 12.2. The second kappa shape index (κ2) is 15.3. The van der Waals surface area contributed by atoms with Crippen molar-refractivity contribution in [1.29, 1.82) is 0 Å². The van der Waals surface area contributed by atoms with Crippen LogP contribution in [0.1, 0.15) is 85.5 Å². The summed E-state index contributed by atoms with van der Waals surface area (Å²) < 4.78 is 0. The number of Topliss-reactive ketones (excluding diaryl/α,β-unsaturated/α-hetero) is 2. The molecule has 17 heavy (non-hydrogen) atoms. The third-order valence-electron chi connectivity index (χ3n) is 2.50. The van der Waals surface area contributed by atoms with Gasteiger partial charge >= 0.3 is 0 Å². The Morgan fingerprint density at radius 3 is 1.29 bits per heavy atom. The van der Waals surface area contributed by atoms with Crippen LogP contribution in [0.25, 0.3) is 0 Å². The van der Waals surface area contributed by atoms with Gasteiger partial charge in [-0.15, -0.1) is 0 Å². The highest BCUT2D eigenvalue weighted by Gasteiger charge is 1.98. The van der Waals surface area contributed by atoms with Gasteiger partial charge in [-0.25, -0.2) is 0 Å². The van der Waals surface area contributed by atoms with Gasteiger partial charge in [0.05, 0.1) is 0 Å². The molecule has 0 saturated heterocycles. The summed E-state index contributed by atoms with van der Waals surface area (Å²) >= 11 is 0. The van der Waals surface area contributed by atoms with Crippen molar-refractivity contribution >= 4 is 11.6 Å². The quantitative estimate of drug-likeness (QED) is 0.587. The zero-order chi connectivity index (χ0) is 13.5. The molecule has 0 fully saturated rings. The lowest BCUT2D eigenvalue weighted by atomic mass is 10.1. The van der Waals surface area contributed by atoms with E-state index in [1.54, 1.807) is 6.92 Å². The van der Waals surface area contributed by atoms with E-state index in [1.165, 1.54) is 0 Å². The predicted octanol–water partition coefficient (Wildman–Crippen LogP) is 4.70. The Labute approximate surface area is 107 Å². The molecule has 0 radical (unpaired) electrons. The largest absolute Gasteiger partial charge is 0.300 e. The Bertz CT molecular complexity index is 175. The van der Waals surface area contributed by atoms with Crippen LogP contribution in [0.4, 0.5) is 0 Å². The molecule has 102 valence electrons. The standard InChI is InChI=1S/C9H18O.C6H12O/c1-3-5-7-9(10)8-6-4-2;1-3-4-5-6(2)7/h3-8H2,1-2H3;3-5H2,1-2H3. The normalized spacial score (nSPS) is 9.41. The number of ketones is 2. The molecule has 0 heterocycles. The van der Waals surface area contributed by atoms with Crippen LogP contribution in [-0.2, 0) is 9.59 Å². The fraction of sp³-hybridized carbons (Fsp3) is 0.867. The molecule has 0 spiro atoms. The van der Waals surface area contributed by atoms with Gasteiger partial charge < -0.3 is 4.79 Å². The van der Waals surface area contributed by atoms with Crippen molar-refractivity contribution in [2.75, 3.05) is 0 Å². The molecule has 0 atom stereocenters. The first-order chi connectivity index (χ1) is 8.08. The summed E-state index contributed by atoms with van der Waals surface area (Å²) in [6, 6.07) is 0.